The standard InChI is InChI=1S/C32H40ClN3O4S/c1-6-24(4)34-32(38)30(20-25-12-8-7-9-13-25)35(21-27-14-10-11-15-29(27)33)31(37)22-36(41(5,39)40)28-18-16-26(17-19-28)23(2)3/h7-19,23-24,30H,6,20-22H2,1-5H3,(H,34,38)/t24-,30+/m0/s1. The minimum Gasteiger partial charge on any atom is -0.352 e. The van der Waals surface area contributed by atoms with Crippen molar-refractivity contribution >= 4 is 39.1 Å². The Hall–Kier alpha value is -3.36. The zero-order valence-corrected chi connectivity index (χ0v) is 26.0. The highest BCUT2D eigenvalue weighted by Gasteiger charge is 2.33. The molecule has 0 aromatic heterocycles. The van der Waals surface area contributed by atoms with Gasteiger partial charge in [-0.25, -0.2) is 8.42 Å². The van der Waals surface area contributed by atoms with E-state index in [1.54, 1.807) is 30.3 Å². The number of amides is 2. The fraction of sp³-hybridized carbons (Fsp3) is 0.375. The first-order valence-electron chi connectivity index (χ1n) is 13.9. The lowest BCUT2D eigenvalue weighted by Gasteiger charge is -2.34. The molecule has 1 N–H and O–H groups in total. The van der Waals surface area contributed by atoms with Gasteiger partial charge in [0.15, 0.2) is 0 Å². The molecule has 2 atom stereocenters. The normalized spacial score (nSPS) is 13.0. The highest BCUT2D eigenvalue weighted by atomic mass is 35.5. The zero-order valence-electron chi connectivity index (χ0n) is 24.4. The number of nitrogens with one attached hydrogen (secondary N) is 1. The van der Waals surface area contributed by atoms with Crippen LogP contribution in [0.2, 0.25) is 5.02 Å². The van der Waals surface area contributed by atoms with Crippen molar-refractivity contribution in [3.05, 3.63) is 101 Å². The van der Waals surface area contributed by atoms with Crippen LogP contribution in [0.5, 0.6) is 0 Å². The van der Waals surface area contributed by atoms with E-state index < -0.39 is 28.5 Å². The largest absolute Gasteiger partial charge is 0.352 e. The van der Waals surface area contributed by atoms with Crippen LogP contribution in [-0.2, 0) is 32.6 Å². The topological polar surface area (TPSA) is 86.8 Å². The fourth-order valence-corrected chi connectivity index (χ4v) is 5.49. The molecule has 3 aromatic rings. The van der Waals surface area contributed by atoms with Crippen LogP contribution in [0.25, 0.3) is 0 Å². The zero-order chi connectivity index (χ0) is 30.2. The lowest BCUT2D eigenvalue weighted by atomic mass is 10.0. The number of hydrogen-bond acceptors (Lipinski definition) is 4. The summed E-state index contributed by atoms with van der Waals surface area (Å²) in [5.41, 5.74) is 2.97. The number of anilines is 1. The maximum absolute atomic E-state index is 14.2. The Morgan fingerprint density at radius 3 is 2.07 bits per heavy atom. The molecule has 0 aliphatic rings. The van der Waals surface area contributed by atoms with Gasteiger partial charge in [0.25, 0.3) is 0 Å². The summed E-state index contributed by atoms with van der Waals surface area (Å²) in [4.78, 5) is 29.3. The molecule has 0 heterocycles. The van der Waals surface area contributed by atoms with Crippen molar-refractivity contribution in [3.8, 4) is 0 Å². The molecule has 7 nitrogen and oxygen atoms in total. The maximum atomic E-state index is 14.2. The average Bonchev–Trinajstić information content (AvgIpc) is 2.94. The van der Waals surface area contributed by atoms with Gasteiger partial charge in [-0.05, 0) is 54.2 Å². The van der Waals surface area contributed by atoms with Crippen LogP contribution in [0, 0.1) is 0 Å². The predicted molar refractivity (Wildman–Crippen MR) is 167 cm³/mol. The minimum absolute atomic E-state index is 0.0355. The average molecular weight is 598 g/mol. The third-order valence-electron chi connectivity index (χ3n) is 7.10. The first-order chi connectivity index (χ1) is 19.4. The molecule has 0 spiro atoms. The second-order valence-electron chi connectivity index (χ2n) is 10.7. The summed E-state index contributed by atoms with van der Waals surface area (Å²) < 4.78 is 27.0. The van der Waals surface area contributed by atoms with Crippen molar-refractivity contribution < 1.29 is 18.0 Å². The van der Waals surface area contributed by atoms with Crippen LogP contribution in [0.3, 0.4) is 0 Å². The van der Waals surface area contributed by atoms with Gasteiger partial charge in [0.2, 0.25) is 21.8 Å². The van der Waals surface area contributed by atoms with Gasteiger partial charge >= 0.3 is 0 Å². The Balaban J connectivity index is 2.06. The van der Waals surface area contributed by atoms with E-state index >= 15 is 0 Å². The van der Waals surface area contributed by atoms with Crippen molar-refractivity contribution in [1.29, 1.82) is 0 Å². The molecular weight excluding hydrogens is 558 g/mol. The molecule has 9 heteroatoms. The van der Waals surface area contributed by atoms with Gasteiger partial charge in [-0.1, -0.05) is 93.0 Å². The Kier molecular flexibility index (Phi) is 11.4. The van der Waals surface area contributed by atoms with Crippen molar-refractivity contribution in [2.75, 3.05) is 17.1 Å². The first-order valence-corrected chi connectivity index (χ1v) is 16.1. The van der Waals surface area contributed by atoms with Crippen LogP contribution >= 0.6 is 11.6 Å². The van der Waals surface area contributed by atoms with Crippen molar-refractivity contribution in [2.45, 2.75) is 65.1 Å². The fourth-order valence-electron chi connectivity index (χ4n) is 4.44. The second kappa shape index (κ2) is 14.5. The van der Waals surface area contributed by atoms with E-state index in [0.29, 0.717) is 16.3 Å². The molecule has 41 heavy (non-hydrogen) atoms. The lowest BCUT2D eigenvalue weighted by Crippen LogP contribution is -2.54. The molecule has 0 radical (unpaired) electrons. The molecule has 0 fully saturated rings. The van der Waals surface area contributed by atoms with E-state index in [0.717, 1.165) is 28.1 Å². The molecule has 0 saturated carbocycles. The van der Waals surface area contributed by atoms with Gasteiger partial charge in [0.1, 0.15) is 12.6 Å². The maximum Gasteiger partial charge on any atom is 0.244 e. The summed E-state index contributed by atoms with van der Waals surface area (Å²) in [7, 11) is -3.83. The van der Waals surface area contributed by atoms with E-state index in [2.05, 4.69) is 19.2 Å². The monoisotopic (exact) mass is 597 g/mol. The third-order valence-corrected chi connectivity index (χ3v) is 8.61. The first kappa shape index (κ1) is 32.2. The van der Waals surface area contributed by atoms with E-state index in [1.165, 1.54) is 4.90 Å². The summed E-state index contributed by atoms with van der Waals surface area (Å²) in [6.45, 7) is 7.55. The van der Waals surface area contributed by atoms with Crippen molar-refractivity contribution in [1.82, 2.24) is 10.2 Å². The number of sulfonamides is 1. The smallest absolute Gasteiger partial charge is 0.244 e. The van der Waals surface area contributed by atoms with Gasteiger partial charge in [0, 0.05) is 24.0 Å². The molecule has 0 bridgehead atoms. The third kappa shape index (κ3) is 9.07. The number of halogens is 1. The van der Waals surface area contributed by atoms with Crippen LogP contribution in [0.4, 0.5) is 5.69 Å². The molecule has 3 rings (SSSR count). The summed E-state index contributed by atoms with van der Waals surface area (Å²) in [6, 6.07) is 22.7. The summed E-state index contributed by atoms with van der Waals surface area (Å²) in [6.07, 6.45) is 2.05. The molecule has 2 amide bonds. The number of nitrogens with zero attached hydrogens (tertiary/aromatic N) is 2. The SMILES string of the molecule is CC[C@H](C)NC(=O)[C@@H](Cc1ccccc1)N(Cc1ccccc1Cl)C(=O)CN(c1ccc(C(C)C)cc1)S(C)(=O)=O. The van der Waals surface area contributed by atoms with Crippen LogP contribution in [0.15, 0.2) is 78.9 Å². The number of carbonyl (C=O) groups is 2. The summed E-state index contributed by atoms with van der Waals surface area (Å²) in [5, 5.41) is 3.47. The van der Waals surface area contributed by atoms with Crippen LogP contribution < -0.4 is 9.62 Å². The molecule has 0 unspecified atom stereocenters. The predicted octanol–water partition coefficient (Wildman–Crippen LogP) is 5.78. The summed E-state index contributed by atoms with van der Waals surface area (Å²) in [5.74, 6) is -0.550. The minimum atomic E-state index is -3.83. The number of carbonyl (C=O) groups excluding carboxylic acids is 2. The molecule has 3 aromatic carbocycles. The highest BCUT2D eigenvalue weighted by molar-refractivity contribution is 7.92. The molecule has 220 valence electrons. The molecular formula is C32H40ClN3O4S. The van der Waals surface area contributed by atoms with Crippen LogP contribution in [-0.4, -0.2) is 50.0 Å². The number of rotatable bonds is 13. The second-order valence-corrected chi connectivity index (χ2v) is 13.0. The van der Waals surface area contributed by atoms with E-state index in [4.69, 9.17) is 11.6 Å². The molecule has 0 aliphatic carbocycles. The highest BCUT2D eigenvalue weighted by Crippen LogP contribution is 2.24. The van der Waals surface area contributed by atoms with Gasteiger partial charge in [-0.3, -0.25) is 13.9 Å². The molecule has 0 aliphatic heterocycles. The molecule has 0 saturated heterocycles. The van der Waals surface area contributed by atoms with Crippen molar-refractivity contribution in [2.24, 2.45) is 0 Å². The summed E-state index contributed by atoms with van der Waals surface area (Å²) >= 11 is 6.49. The number of benzene rings is 3. The number of hydrogen-bond donors (Lipinski definition) is 1. The van der Waals surface area contributed by atoms with E-state index in [-0.39, 0.29) is 30.8 Å². The van der Waals surface area contributed by atoms with Gasteiger partial charge in [-0.15, -0.1) is 0 Å². The lowest BCUT2D eigenvalue weighted by molar-refractivity contribution is -0.140. The Morgan fingerprint density at radius 2 is 1.51 bits per heavy atom. The van der Waals surface area contributed by atoms with Gasteiger partial charge < -0.3 is 10.2 Å². The van der Waals surface area contributed by atoms with E-state index in [9.17, 15) is 18.0 Å². The van der Waals surface area contributed by atoms with Crippen molar-refractivity contribution in [3.63, 3.8) is 0 Å². The Labute approximate surface area is 249 Å². The Morgan fingerprint density at radius 1 is 0.902 bits per heavy atom. The van der Waals surface area contributed by atoms with Gasteiger partial charge in [-0.2, -0.15) is 0 Å². The Bertz CT molecular complexity index is 1410. The van der Waals surface area contributed by atoms with E-state index in [1.807, 2.05) is 62.4 Å². The van der Waals surface area contributed by atoms with Gasteiger partial charge in [0.05, 0.1) is 11.9 Å². The van der Waals surface area contributed by atoms with Crippen LogP contribution in [0.1, 0.15) is 56.7 Å². The quantitative estimate of drug-likeness (QED) is 0.270.